The monoisotopic (exact) mass is 285 g/mol. The van der Waals surface area contributed by atoms with E-state index in [1.165, 1.54) is 12.1 Å². The highest BCUT2D eigenvalue weighted by Gasteiger charge is 2.35. The van der Waals surface area contributed by atoms with Gasteiger partial charge in [-0.15, -0.1) is 0 Å². The zero-order valence-corrected chi connectivity index (χ0v) is 10.7. The molecule has 1 fully saturated rings. The molecule has 0 aliphatic carbocycles. The number of rotatable bonds is 3. The fraction of sp³-hybridized carbons (Fsp3) is 0.429. The van der Waals surface area contributed by atoms with Crippen molar-refractivity contribution >= 4 is 11.7 Å². The second-order valence-electron chi connectivity index (χ2n) is 4.80. The van der Waals surface area contributed by atoms with Gasteiger partial charge in [-0.05, 0) is 18.9 Å². The van der Waals surface area contributed by atoms with Gasteiger partial charge in [0.15, 0.2) is 5.78 Å². The summed E-state index contributed by atoms with van der Waals surface area (Å²) in [5.41, 5.74) is -1.31. The van der Waals surface area contributed by atoms with Crippen LogP contribution >= 0.6 is 0 Å². The minimum Gasteiger partial charge on any atom is -0.356 e. The van der Waals surface area contributed by atoms with Crippen molar-refractivity contribution in [1.29, 1.82) is 0 Å². The van der Waals surface area contributed by atoms with Gasteiger partial charge < -0.3 is 5.32 Å². The summed E-state index contributed by atoms with van der Waals surface area (Å²) in [5.74, 6) is -1.42. The van der Waals surface area contributed by atoms with Crippen LogP contribution in [0, 0.1) is 5.92 Å². The van der Waals surface area contributed by atoms with E-state index < -0.39 is 23.4 Å². The Morgan fingerprint density at radius 2 is 2.00 bits per heavy atom. The van der Waals surface area contributed by atoms with Crippen LogP contribution in [0.3, 0.4) is 0 Å². The summed E-state index contributed by atoms with van der Waals surface area (Å²) in [6.45, 7) is 0.558. The predicted octanol–water partition coefficient (Wildman–Crippen LogP) is 2.80. The summed E-state index contributed by atoms with van der Waals surface area (Å²) in [4.78, 5) is 23.6. The molecule has 0 spiro atoms. The molecule has 1 saturated heterocycles. The van der Waals surface area contributed by atoms with Crippen molar-refractivity contribution in [3.63, 3.8) is 0 Å². The molecule has 0 radical (unpaired) electrons. The molecule has 6 heteroatoms. The number of halogens is 3. The third kappa shape index (κ3) is 3.18. The van der Waals surface area contributed by atoms with Crippen LogP contribution < -0.4 is 5.32 Å². The van der Waals surface area contributed by atoms with Crippen LogP contribution in [0.2, 0.25) is 0 Å². The Hall–Kier alpha value is -1.85. The number of piperidine rings is 1. The smallest absolute Gasteiger partial charge is 0.356 e. The number of alkyl halides is 3. The summed E-state index contributed by atoms with van der Waals surface area (Å²) in [6.07, 6.45) is -3.48. The largest absolute Gasteiger partial charge is 0.417 e. The molecule has 0 unspecified atom stereocenters. The third-order valence-electron chi connectivity index (χ3n) is 3.36. The maximum Gasteiger partial charge on any atom is 0.417 e. The summed E-state index contributed by atoms with van der Waals surface area (Å²) in [5, 5.41) is 2.62. The number of hydrogen-bond acceptors (Lipinski definition) is 2. The van der Waals surface area contributed by atoms with Crippen molar-refractivity contribution in [2.24, 2.45) is 5.92 Å². The maximum atomic E-state index is 12.8. The highest BCUT2D eigenvalue weighted by atomic mass is 19.4. The molecule has 1 N–H and O–H groups in total. The van der Waals surface area contributed by atoms with E-state index in [1.54, 1.807) is 0 Å². The van der Waals surface area contributed by atoms with Crippen LogP contribution in [-0.2, 0) is 11.0 Å². The SMILES string of the molecule is O=C(C[C@H]1CCCNC1=O)c1ccccc1C(F)(F)F. The van der Waals surface area contributed by atoms with Crippen LogP contribution in [-0.4, -0.2) is 18.2 Å². The predicted molar refractivity (Wildman–Crippen MR) is 66.1 cm³/mol. The van der Waals surface area contributed by atoms with Gasteiger partial charge in [0.05, 0.1) is 5.56 Å². The first-order valence-electron chi connectivity index (χ1n) is 6.36. The number of carbonyl (C=O) groups is 2. The fourth-order valence-electron chi connectivity index (χ4n) is 2.34. The van der Waals surface area contributed by atoms with E-state index in [4.69, 9.17) is 0 Å². The lowest BCUT2D eigenvalue weighted by atomic mass is 9.90. The molecule has 1 aliphatic heterocycles. The molecular formula is C14H14F3NO2. The van der Waals surface area contributed by atoms with Crippen LogP contribution in [0.4, 0.5) is 13.2 Å². The van der Waals surface area contributed by atoms with Crippen LogP contribution in [0.15, 0.2) is 24.3 Å². The van der Waals surface area contributed by atoms with Crippen LogP contribution in [0.5, 0.6) is 0 Å². The van der Waals surface area contributed by atoms with Crippen molar-refractivity contribution < 1.29 is 22.8 Å². The molecule has 1 atom stereocenters. The first-order valence-corrected chi connectivity index (χ1v) is 6.36. The minimum absolute atomic E-state index is 0.182. The first kappa shape index (κ1) is 14.6. The molecule has 1 amide bonds. The van der Waals surface area contributed by atoms with E-state index in [9.17, 15) is 22.8 Å². The van der Waals surface area contributed by atoms with Gasteiger partial charge in [0.1, 0.15) is 0 Å². The van der Waals surface area contributed by atoms with E-state index >= 15 is 0 Å². The number of Topliss-reactive ketones (excluding diaryl/α,β-unsaturated/α-hetero) is 1. The Bertz CT molecular complexity index is 525. The van der Waals surface area contributed by atoms with Gasteiger partial charge in [-0.25, -0.2) is 0 Å². The molecular weight excluding hydrogens is 271 g/mol. The van der Waals surface area contributed by atoms with Crippen molar-refractivity contribution in [1.82, 2.24) is 5.32 Å². The molecule has 0 saturated carbocycles. The van der Waals surface area contributed by atoms with Crippen LogP contribution in [0.25, 0.3) is 0 Å². The third-order valence-corrected chi connectivity index (χ3v) is 3.36. The number of hydrogen-bond donors (Lipinski definition) is 1. The molecule has 1 heterocycles. The molecule has 1 aromatic rings. The number of amides is 1. The molecule has 1 aromatic carbocycles. The Morgan fingerprint density at radius 1 is 1.30 bits per heavy atom. The Balaban J connectivity index is 2.19. The Labute approximate surface area is 114 Å². The van der Waals surface area contributed by atoms with Crippen molar-refractivity contribution in [2.45, 2.75) is 25.4 Å². The summed E-state index contributed by atoms with van der Waals surface area (Å²) >= 11 is 0. The molecule has 3 nitrogen and oxygen atoms in total. The van der Waals surface area contributed by atoms with E-state index in [2.05, 4.69) is 5.32 Å². The zero-order valence-electron chi connectivity index (χ0n) is 10.7. The molecule has 0 bridgehead atoms. The van der Waals surface area contributed by atoms with Gasteiger partial charge in [0.2, 0.25) is 5.91 Å². The van der Waals surface area contributed by atoms with E-state index in [1.807, 2.05) is 0 Å². The zero-order chi connectivity index (χ0) is 14.8. The Morgan fingerprint density at radius 3 is 2.65 bits per heavy atom. The average molecular weight is 285 g/mol. The molecule has 20 heavy (non-hydrogen) atoms. The van der Waals surface area contributed by atoms with Gasteiger partial charge in [0, 0.05) is 24.4 Å². The lowest BCUT2D eigenvalue weighted by Gasteiger charge is -2.21. The number of benzene rings is 1. The van der Waals surface area contributed by atoms with E-state index in [0.717, 1.165) is 18.6 Å². The summed E-state index contributed by atoms with van der Waals surface area (Å²) in [6, 6.07) is 4.68. The second kappa shape index (κ2) is 5.64. The van der Waals surface area contributed by atoms with Gasteiger partial charge in [0.25, 0.3) is 0 Å². The lowest BCUT2D eigenvalue weighted by Crippen LogP contribution is -2.37. The second-order valence-corrected chi connectivity index (χ2v) is 4.80. The van der Waals surface area contributed by atoms with E-state index in [-0.39, 0.29) is 17.9 Å². The topological polar surface area (TPSA) is 46.2 Å². The average Bonchev–Trinajstić information content (AvgIpc) is 2.40. The van der Waals surface area contributed by atoms with E-state index in [0.29, 0.717) is 13.0 Å². The molecule has 1 aliphatic rings. The normalized spacial score (nSPS) is 19.6. The number of carbonyl (C=O) groups excluding carboxylic acids is 2. The highest BCUT2D eigenvalue weighted by molar-refractivity contribution is 6.00. The summed E-state index contributed by atoms with van der Waals surface area (Å²) in [7, 11) is 0. The molecule has 108 valence electrons. The lowest BCUT2D eigenvalue weighted by molar-refractivity contribution is -0.137. The minimum atomic E-state index is -4.57. The fourth-order valence-corrected chi connectivity index (χ4v) is 2.34. The van der Waals surface area contributed by atoms with Crippen molar-refractivity contribution in [2.75, 3.05) is 6.54 Å². The number of nitrogens with one attached hydrogen (secondary N) is 1. The van der Waals surface area contributed by atoms with Crippen LogP contribution in [0.1, 0.15) is 35.2 Å². The van der Waals surface area contributed by atoms with Gasteiger partial charge >= 0.3 is 6.18 Å². The highest BCUT2D eigenvalue weighted by Crippen LogP contribution is 2.33. The van der Waals surface area contributed by atoms with Gasteiger partial charge in [-0.1, -0.05) is 18.2 Å². The number of ketones is 1. The standard InChI is InChI=1S/C14H14F3NO2/c15-14(16,17)11-6-2-1-5-10(11)12(19)8-9-4-3-7-18-13(9)20/h1-2,5-6,9H,3-4,7-8H2,(H,18,20)/t9-/m1/s1. The summed E-state index contributed by atoms with van der Waals surface area (Å²) < 4.78 is 38.5. The first-order chi connectivity index (χ1) is 9.39. The maximum absolute atomic E-state index is 12.8. The molecule has 0 aromatic heterocycles. The van der Waals surface area contributed by atoms with Crippen molar-refractivity contribution in [3.8, 4) is 0 Å². The Kier molecular flexibility index (Phi) is 4.11. The quantitative estimate of drug-likeness (QED) is 0.868. The van der Waals surface area contributed by atoms with Gasteiger partial charge in [-0.3, -0.25) is 9.59 Å². The van der Waals surface area contributed by atoms with Crippen molar-refractivity contribution in [3.05, 3.63) is 35.4 Å². The van der Waals surface area contributed by atoms with Gasteiger partial charge in [-0.2, -0.15) is 13.2 Å². The molecule has 2 rings (SSSR count).